The van der Waals surface area contributed by atoms with Crippen LogP contribution in [0.1, 0.15) is 15.9 Å². The zero-order valence-corrected chi connectivity index (χ0v) is 10.7. The van der Waals surface area contributed by atoms with Crippen LogP contribution < -0.4 is 0 Å². The van der Waals surface area contributed by atoms with E-state index < -0.39 is 0 Å². The Bertz CT molecular complexity index is 768. The maximum Gasteiger partial charge on any atom is 0.167 e. The SMILES string of the molecule is O=C(Cc1ccncc1)c1ccc(F)c2ccccc12. The quantitative estimate of drug-likeness (QED) is 0.674. The first-order valence-corrected chi connectivity index (χ1v) is 6.35. The van der Waals surface area contributed by atoms with Crippen LogP contribution >= 0.6 is 0 Å². The second kappa shape index (κ2) is 5.21. The van der Waals surface area contributed by atoms with Crippen LogP contribution in [-0.2, 0) is 6.42 Å². The van der Waals surface area contributed by atoms with E-state index in [1.165, 1.54) is 6.07 Å². The van der Waals surface area contributed by atoms with Gasteiger partial charge in [-0.2, -0.15) is 0 Å². The molecule has 3 heteroatoms. The van der Waals surface area contributed by atoms with E-state index in [9.17, 15) is 9.18 Å². The van der Waals surface area contributed by atoms with Crippen LogP contribution in [0.2, 0.25) is 0 Å². The average Bonchev–Trinajstić information content (AvgIpc) is 2.49. The maximum atomic E-state index is 13.7. The number of ketones is 1. The van der Waals surface area contributed by atoms with Gasteiger partial charge in [-0.05, 0) is 35.2 Å². The molecule has 0 unspecified atom stereocenters. The molecular weight excluding hydrogens is 253 g/mol. The Kier molecular flexibility index (Phi) is 3.25. The molecule has 1 aromatic heterocycles. The second-order valence-electron chi connectivity index (χ2n) is 4.60. The fraction of sp³-hybridized carbons (Fsp3) is 0.0588. The van der Waals surface area contributed by atoms with Crippen LogP contribution in [0.5, 0.6) is 0 Å². The van der Waals surface area contributed by atoms with Crippen molar-refractivity contribution in [1.82, 2.24) is 4.98 Å². The summed E-state index contributed by atoms with van der Waals surface area (Å²) in [5.41, 5.74) is 1.46. The van der Waals surface area contributed by atoms with Gasteiger partial charge in [0.15, 0.2) is 5.78 Å². The van der Waals surface area contributed by atoms with Gasteiger partial charge in [-0.1, -0.05) is 24.3 Å². The van der Waals surface area contributed by atoms with Crippen LogP contribution in [0.4, 0.5) is 4.39 Å². The molecule has 1 heterocycles. The van der Waals surface area contributed by atoms with Gasteiger partial charge >= 0.3 is 0 Å². The summed E-state index contributed by atoms with van der Waals surface area (Å²) in [6, 6.07) is 13.6. The molecule has 0 amide bonds. The predicted octanol–water partition coefficient (Wildman–Crippen LogP) is 3.80. The summed E-state index contributed by atoms with van der Waals surface area (Å²) in [6.45, 7) is 0. The number of pyridine rings is 1. The van der Waals surface area contributed by atoms with Crippen molar-refractivity contribution >= 4 is 16.6 Å². The number of hydrogen-bond donors (Lipinski definition) is 0. The van der Waals surface area contributed by atoms with E-state index in [4.69, 9.17) is 0 Å². The topological polar surface area (TPSA) is 30.0 Å². The third-order valence-corrected chi connectivity index (χ3v) is 3.29. The molecule has 3 rings (SSSR count). The normalized spacial score (nSPS) is 10.7. The van der Waals surface area contributed by atoms with Gasteiger partial charge in [-0.15, -0.1) is 0 Å². The maximum absolute atomic E-state index is 13.7. The number of carbonyl (C=O) groups is 1. The molecule has 3 aromatic rings. The molecule has 0 fully saturated rings. The molecular formula is C17H12FNO. The zero-order valence-electron chi connectivity index (χ0n) is 10.7. The summed E-state index contributed by atoms with van der Waals surface area (Å²) < 4.78 is 13.7. The molecule has 98 valence electrons. The van der Waals surface area contributed by atoms with E-state index in [0.29, 0.717) is 16.3 Å². The number of nitrogens with zero attached hydrogens (tertiary/aromatic N) is 1. The average molecular weight is 265 g/mol. The summed E-state index contributed by atoms with van der Waals surface area (Å²) in [6.07, 6.45) is 3.61. The van der Waals surface area contributed by atoms with Crippen molar-refractivity contribution in [2.24, 2.45) is 0 Å². The molecule has 20 heavy (non-hydrogen) atoms. The van der Waals surface area contributed by atoms with Crippen molar-refractivity contribution in [2.45, 2.75) is 6.42 Å². The highest BCUT2D eigenvalue weighted by Crippen LogP contribution is 2.23. The van der Waals surface area contributed by atoms with Crippen LogP contribution in [-0.4, -0.2) is 10.8 Å². The number of Topliss-reactive ketones (excluding diaryl/α,β-unsaturated/α-hetero) is 1. The Morgan fingerprint density at radius 2 is 1.65 bits per heavy atom. The molecule has 0 spiro atoms. The minimum Gasteiger partial charge on any atom is -0.294 e. The Hall–Kier alpha value is -2.55. The molecule has 0 N–H and O–H groups in total. The number of rotatable bonds is 3. The lowest BCUT2D eigenvalue weighted by Gasteiger charge is -2.06. The Balaban J connectivity index is 2.02. The molecule has 0 aliphatic heterocycles. The minimum absolute atomic E-state index is 0.0209. The van der Waals surface area contributed by atoms with Crippen molar-refractivity contribution in [2.75, 3.05) is 0 Å². The largest absolute Gasteiger partial charge is 0.294 e. The van der Waals surface area contributed by atoms with Gasteiger partial charge in [-0.25, -0.2) is 4.39 Å². The van der Waals surface area contributed by atoms with Crippen LogP contribution in [0.25, 0.3) is 10.8 Å². The van der Waals surface area contributed by atoms with Gasteiger partial charge in [0.1, 0.15) is 5.82 Å². The van der Waals surface area contributed by atoms with E-state index in [1.807, 2.05) is 18.2 Å². The van der Waals surface area contributed by atoms with Gasteiger partial charge in [0.05, 0.1) is 0 Å². The van der Waals surface area contributed by atoms with Crippen LogP contribution in [0.3, 0.4) is 0 Å². The smallest absolute Gasteiger partial charge is 0.167 e. The molecule has 0 aliphatic carbocycles. The third-order valence-electron chi connectivity index (χ3n) is 3.29. The number of hydrogen-bond acceptors (Lipinski definition) is 2. The minimum atomic E-state index is -0.305. The summed E-state index contributed by atoms with van der Waals surface area (Å²) in [5, 5.41) is 1.14. The summed E-state index contributed by atoms with van der Waals surface area (Å²) in [7, 11) is 0. The van der Waals surface area contributed by atoms with Gasteiger partial charge in [0.2, 0.25) is 0 Å². The zero-order chi connectivity index (χ0) is 13.9. The van der Waals surface area contributed by atoms with Crippen molar-refractivity contribution in [3.63, 3.8) is 0 Å². The van der Waals surface area contributed by atoms with E-state index in [1.54, 1.807) is 36.7 Å². The van der Waals surface area contributed by atoms with E-state index in [0.717, 1.165) is 5.56 Å². The Morgan fingerprint density at radius 1 is 0.950 bits per heavy atom. The lowest BCUT2D eigenvalue weighted by Crippen LogP contribution is -2.05. The molecule has 0 bridgehead atoms. The Labute approximate surface area is 115 Å². The number of aromatic nitrogens is 1. The number of halogens is 1. The first-order chi connectivity index (χ1) is 9.75. The van der Waals surface area contributed by atoms with E-state index in [2.05, 4.69) is 4.98 Å². The molecule has 0 saturated carbocycles. The predicted molar refractivity (Wildman–Crippen MR) is 76.2 cm³/mol. The van der Waals surface area contributed by atoms with Gasteiger partial charge in [0, 0.05) is 29.8 Å². The van der Waals surface area contributed by atoms with Crippen LogP contribution in [0, 0.1) is 5.82 Å². The van der Waals surface area contributed by atoms with E-state index in [-0.39, 0.29) is 18.0 Å². The number of carbonyl (C=O) groups excluding carboxylic acids is 1. The number of benzene rings is 2. The molecule has 0 aliphatic rings. The highest BCUT2D eigenvalue weighted by molar-refractivity contribution is 6.08. The fourth-order valence-corrected chi connectivity index (χ4v) is 2.29. The lowest BCUT2D eigenvalue weighted by molar-refractivity contribution is 0.0994. The van der Waals surface area contributed by atoms with Crippen LogP contribution in [0.15, 0.2) is 60.9 Å². The van der Waals surface area contributed by atoms with Gasteiger partial charge in [-0.3, -0.25) is 9.78 Å². The summed E-state index contributed by atoms with van der Waals surface area (Å²) in [4.78, 5) is 16.3. The van der Waals surface area contributed by atoms with Crippen molar-refractivity contribution in [1.29, 1.82) is 0 Å². The lowest BCUT2D eigenvalue weighted by atomic mass is 9.97. The van der Waals surface area contributed by atoms with Gasteiger partial charge < -0.3 is 0 Å². The van der Waals surface area contributed by atoms with Gasteiger partial charge in [0.25, 0.3) is 0 Å². The number of fused-ring (bicyclic) bond motifs is 1. The fourth-order valence-electron chi connectivity index (χ4n) is 2.29. The molecule has 0 atom stereocenters. The molecule has 2 aromatic carbocycles. The molecule has 0 radical (unpaired) electrons. The van der Waals surface area contributed by atoms with Crippen molar-refractivity contribution in [3.05, 3.63) is 77.9 Å². The highest BCUT2D eigenvalue weighted by Gasteiger charge is 2.12. The first-order valence-electron chi connectivity index (χ1n) is 6.35. The first kappa shape index (κ1) is 12.5. The van der Waals surface area contributed by atoms with Crippen molar-refractivity contribution < 1.29 is 9.18 Å². The highest BCUT2D eigenvalue weighted by atomic mass is 19.1. The third kappa shape index (κ3) is 2.30. The molecule has 0 saturated heterocycles. The summed E-state index contributed by atoms with van der Waals surface area (Å²) >= 11 is 0. The Morgan fingerprint density at radius 3 is 2.40 bits per heavy atom. The summed E-state index contributed by atoms with van der Waals surface area (Å²) in [5.74, 6) is -0.325. The van der Waals surface area contributed by atoms with Crippen molar-refractivity contribution in [3.8, 4) is 0 Å². The second-order valence-corrected chi connectivity index (χ2v) is 4.60. The monoisotopic (exact) mass is 265 g/mol. The van der Waals surface area contributed by atoms with E-state index >= 15 is 0 Å². The molecule has 2 nitrogen and oxygen atoms in total. The standard InChI is InChI=1S/C17H12FNO/c18-16-6-5-15(13-3-1-2-4-14(13)16)17(20)11-12-7-9-19-10-8-12/h1-10H,11H2.